The van der Waals surface area contributed by atoms with Crippen LogP contribution in [-0.4, -0.2) is 10.8 Å². The Kier molecular flexibility index (Phi) is 3.92. The van der Waals surface area contributed by atoms with Crippen LogP contribution in [0.4, 0.5) is 0 Å². The number of aromatic nitrogens is 1. The van der Waals surface area contributed by atoms with Gasteiger partial charge in [0.15, 0.2) is 5.78 Å². The summed E-state index contributed by atoms with van der Waals surface area (Å²) in [6, 6.07) is 9.60. The van der Waals surface area contributed by atoms with Gasteiger partial charge in [0.05, 0.1) is 0 Å². The molecular weight excluding hydrogens is 290 g/mol. The minimum absolute atomic E-state index is 0.0769. The lowest BCUT2D eigenvalue weighted by Crippen LogP contribution is -2.07. The van der Waals surface area contributed by atoms with Crippen molar-refractivity contribution in [1.82, 2.24) is 4.98 Å². The Morgan fingerprint density at radius 2 is 1.67 bits per heavy atom. The van der Waals surface area contributed by atoms with Crippen molar-refractivity contribution in [2.24, 2.45) is 0 Å². The number of benzene rings is 1. The monoisotopic (exact) mass is 303 g/mol. The van der Waals surface area contributed by atoms with Crippen LogP contribution in [0.25, 0.3) is 0 Å². The van der Waals surface area contributed by atoms with Crippen molar-refractivity contribution in [2.45, 2.75) is 18.7 Å². The maximum absolute atomic E-state index is 12.4. The molecule has 0 unspecified atom stereocenters. The molecule has 2 rings (SSSR count). The van der Waals surface area contributed by atoms with E-state index >= 15 is 0 Å². The van der Waals surface area contributed by atoms with Gasteiger partial charge in [0, 0.05) is 18.0 Å². The second kappa shape index (κ2) is 5.44. The lowest BCUT2D eigenvalue weighted by atomic mass is 10.00. The molecule has 1 atom stereocenters. The second-order valence-corrected chi connectivity index (χ2v) is 5.30. The van der Waals surface area contributed by atoms with Crippen molar-refractivity contribution >= 4 is 21.7 Å². The highest BCUT2D eigenvalue weighted by molar-refractivity contribution is 9.09. The number of alkyl halides is 1. The Balaban J connectivity index is 2.31. The van der Waals surface area contributed by atoms with E-state index in [0.717, 1.165) is 22.3 Å². The summed E-state index contributed by atoms with van der Waals surface area (Å²) in [4.78, 5) is 16.0. The molecule has 2 aromatic rings. The highest BCUT2D eigenvalue weighted by atomic mass is 79.9. The summed E-state index contributed by atoms with van der Waals surface area (Å²) in [7, 11) is 0. The topological polar surface area (TPSA) is 30.0 Å². The number of rotatable bonds is 3. The van der Waals surface area contributed by atoms with E-state index in [4.69, 9.17) is 0 Å². The third-order valence-electron chi connectivity index (χ3n) is 2.74. The van der Waals surface area contributed by atoms with E-state index in [1.165, 1.54) is 0 Å². The van der Waals surface area contributed by atoms with Gasteiger partial charge in [-0.05, 0) is 43.7 Å². The van der Waals surface area contributed by atoms with Crippen LogP contribution in [0.1, 0.15) is 31.9 Å². The predicted octanol–water partition coefficient (Wildman–Crippen LogP) is 4.02. The molecule has 18 heavy (non-hydrogen) atoms. The van der Waals surface area contributed by atoms with Crippen molar-refractivity contribution in [3.05, 3.63) is 65.0 Å². The van der Waals surface area contributed by atoms with Crippen LogP contribution in [0.15, 0.2) is 42.7 Å². The fraction of sp³-hybridized carbons (Fsp3) is 0.200. The third kappa shape index (κ3) is 2.85. The van der Waals surface area contributed by atoms with Crippen molar-refractivity contribution in [1.29, 1.82) is 0 Å². The summed E-state index contributed by atoms with van der Waals surface area (Å²) < 4.78 is 0. The van der Waals surface area contributed by atoms with E-state index in [0.29, 0.717) is 0 Å². The van der Waals surface area contributed by atoms with Gasteiger partial charge in [0.2, 0.25) is 0 Å². The molecule has 1 heterocycles. The Bertz CT molecular complexity index is 546. The summed E-state index contributed by atoms with van der Waals surface area (Å²) in [5.41, 5.74) is 3.88. The molecule has 0 fully saturated rings. The van der Waals surface area contributed by atoms with Gasteiger partial charge in [-0.2, -0.15) is 0 Å². The molecule has 0 spiro atoms. The Labute approximate surface area is 115 Å². The van der Waals surface area contributed by atoms with Crippen LogP contribution in [0, 0.1) is 13.8 Å². The third-order valence-corrected chi connectivity index (χ3v) is 3.68. The number of nitrogens with zero attached hydrogens (tertiary/aromatic N) is 1. The Morgan fingerprint density at radius 3 is 2.22 bits per heavy atom. The van der Waals surface area contributed by atoms with Crippen molar-refractivity contribution in [2.75, 3.05) is 0 Å². The zero-order valence-corrected chi connectivity index (χ0v) is 11.9. The SMILES string of the molecule is Cc1cc(C)cc(C(=O)[C@@H](Br)c2ccncc2)c1. The second-order valence-electron chi connectivity index (χ2n) is 4.38. The number of carbonyl (C=O) groups excluding carboxylic acids is 1. The van der Waals surface area contributed by atoms with Crippen LogP contribution in [0.5, 0.6) is 0 Å². The van der Waals surface area contributed by atoms with Gasteiger partial charge in [-0.3, -0.25) is 9.78 Å². The summed E-state index contributed by atoms with van der Waals surface area (Å²) in [6.45, 7) is 4.00. The molecule has 0 saturated heterocycles. The normalized spacial score (nSPS) is 12.2. The number of pyridine rings is 1. The Morgan fingerprint density at radius 1 is 1.11 bits per heavy atom. The van der Waals surface area contributed by atoms with Gasteiger partial charge < -0.3 is 0 Å². The standard InChI is InChI=1S/C15H14BrNO/c1-10-7-11(2)9-13(8-10)15(18)14(16)12-3-5-17-6-4-12/h3-9,14H,1-2H3/t14-/m0/s1. The number of halogens is 1. The molecular formula is C15H14BrNO. The minimum Gasteiger partial charge on any atom is -0.293 e. The lowest BCUT2D eigenvalue weighted by Gasteiger charge is -2.10. The van der Waals surface area contributed by atoms with Crippen LogP contribution in [-0.2, 0) is 0 Å². The maximum atomic E-state index is 12.4. The van der Waals surface area contributed by atoms with Crippen molar-refractivity contribution in [3.8, 4) is 0 Å². The summed E-state index contributed by atoms with van der Waals surface area (Å²) in [5, 5.41) is 0. The Hall–Kier alpha value is -1.48. The molecule has 0 saturated carbocycles. The van der Waals surface area contributed by atoms with Gasteiger partial charge in [-0.25, -0.2) is 0 Å². The zero-order chi connectivity index (χ0) is 13.1. The number of ketones is 1. The smallest absolute Gasteiger partial charge is 0.180 e. The van der Waals surface area contributed by atoms with Gasteiger partial charge in [-0.15, -0.1) is 0 Å². The molecule has 2 nitrogen and oxygen atoms in total. The maximum Gasteiger partial charge on any atom is 0.180 e. The van der Waals surface area contributed by atoms with Crippen molar-refractivity contribution < 1.29 is 4.79 Å². The van der Waals surface area contributed by atoms with Gasteiger partial charge in [0.1, 0.15) is 4.83 Å². The van der Waals surface area contributed by atoms with E-state index in [1.54, 1.807) is 12.4 Å². The average Bonchev–Trinajstić information content (AvgIpc) is 2.37. The van der Waals surface area contributed by atoms with Crippen LogP contribution < -0.4 is 0 Å². The fourth-order valence-corrected chi connectivity index (χ4v) is 2.52. The highest BCUT2D eigenvalue weighted by Gasteiger charge is 2.19. The van der Waals surface area contributed by atoms with E-state index in [9.17, 15) is 4.79 Å². The average molecular weight is 304 g/mol. The van der Waals surface area contributed by atoms with Crippen LogP contribution in [0.3, 0.4) is 0 Å². The van der Waals surface area contributed by atoms with Crippen molar-refractivity contribution in [3.63, 3.8) is 0 Å². The summed E-state index contributed by atoms with van der Waals surface area (Å²) in [6.07, 6.45) is 3.39. The van der Waals surface area contributed by atoms with E-state index in [-0.39, 0.29) is 10.6 Å². The van der Waals surface area contributed by atoms with E-state index < -0.39 is 0 Å². The fourth-order valence-electron chi connectivity index (χ4n) is 1.95. The molecule has 0 aliphatic rings. The minimum atomic E-state index is -0.318. The number of aryl methyl sites for hydroxylation is 2. The first-order valence-electron chi connectivity index (χ1n) is 5.74. The number of carbonyl (C=O) groups is 1. The van der Waals surface area contributed by atoms with E-state index in [1.807, 2.05) is 38.1 Å². The molecule has 0 N–H and O–H groups in total. The van der Waals surface area contributed by atoms with Crippen LogP contribution in [0.2, 0.25) is 0 Å². The summed E-state index contributed by atoms with van der Waals surface area (Å²) in [5.74, 6) is 0.0769. The molecule has 0 radical (unpaired) electrons. The largest absolute Gasteiger partial charge is 0.293 e. The summed E-state index contributed by atoms with van der Waals surface area (Å²) >= 11 is 3.46. The molecule has 0 aliphatic heterocycles. The molecule has 0 aliphatic carbocycles. The first kappa shape index (κ1) is 13.0. The predicted molar refractivity (Wildman–Crippen MR) is 76.2 cm³/mol. The number of hydrogen-bond donors (Lipinski definition) is 0. The van der Waals surface area contributed by atoms with Crippen LogP contribution >= 0.6 is 15.9 Å². The first-order chi connectivity index (χ1) is 8.58. The quantitative estimate of drug-likeness (QED) is 0.633. The molecule has 92 valence electrons. The number of hydrogen-bond acceptors (Lipinski definition) is 2. The van der Waals surface area contributed by atoms with Gasteiger partial charge >= 0.3 is 0 Å². The first-order valence-corrected chi connectivity index (χ1v) is 6.66. The molecule has 3 heteroatoms. The molecule has 0 amide bonds. The highest BCUT2D eigenvalue weighted by Crippen LogP contribution is 2.27. The number of Topliss-reactive ketones (excluding diaryl/α,β-unsaturated/α-hetero) is 1. The lowest BCUT2D eigenvalue weighted by molar-refractivity contribution is 0.0991. The van der Waals surface area contributed by atoms with E-state index in [2.05, 4.69) is 27.0 Å². The molecule has 1 aromatic heterocycles. The molecule has 1 aromatic carbocycles. The van der Waals surface area contributed by atoms with Gasteiger partial charge in [0.25, 0.3) is 0 Å². The zero-order valence-electron chi connectivity index (χ0n) is 10.4. The van der Waals surface area contributed by atoms with Gasteiger partial charge in [-0.1, -0.05) is 33.1 Å². The molecule has 0 bridgehead atoms.